The number of likely N-dealkylation sites (tertiary alicyclic amines) is 4. The standard InChI is InChI=1S/C25H34N4O3.C24H31N5O3.C23H30N4O5.C21H28N4O3/c1-15(2)22(28-25(31)32-4)24(30)29-13-7-10-21(29)23-26-14-20(27-23)19-12-11-16(3)17-8-5-6-9-18(17)19;1-13(2)20(28-24(31)32-5)23(30)29-10-6-7-18(29)22-26-12-17(27-22)16-9-8-14(3)19-15(4)11-25-21(16)19;1-13(2)18(26-23(29)30-4)22(28)27-9-5-6-17(27)21-24-12-16(25-21)15-8-7-14(3)19-20(15)32-11-10-31-19;1-13(2)18(24-21(27)28-4)20(26)25-11-5-6-17(25)19-22-12-16(23-19)15-9-7-14(3)8-10-15/h11-12,14-15,21-22H,5-10,13H2,1-4H3,(H,26,27)(H,28,31);8-9,11-13,18,20,25H,6-7,10H2,1-5H3,(H,26,27)(H,28,31);7-8,12-13,17-18H,5-6,9-11H2,1-4H3,(H,24,25)(H,26,29);7-10,12-13,17-18H,5-6,11H2,1-4H3,(H,22,23)(H,24,27)/t21-,22-;18-,20-;2*17-,18-/m0000/s1. The molecule has 0 spiro atoms. The van der Waals surface area contributed by atoms with Gasteiger partial charge in [-0.25, -0.2) is 39.1 Å². The Morgan fingerprint density at radius 3 is 1.13 bits per heavy atom. The zero-order valence-corrected chi connectivity index (χ0v) is 74.6. The van der Waals surface area contributed by atoms with Crippen LogP contribution in [0.25, 0.3) is 55.9 Å². The van der Waals surface area contributed by atoms with Crippen LogP contribution in [0.4, 0.5) is 19.2 Å². The van der Waals surface area contributed by atoms with Gasteiger partial charge in [0.2, 0.25) is 23.6 Å². The maximum atomic E-state index is 13.3. The van der Waals surface area contributed by atoms with E-state index >= 15 is 0 Å². The third-order valence-corrected chi connectivity index (χ3v) is 24.5. The number of aromatic nitrogens is 9. The fourth-order valence-corrected chi connectivity index (χ4v) is 17.7. The number of nitrogens with one attached hydrogen (secondary N) is 9. The number of aryl methyl sites for hydroxylation is 5. The normalized spacial score (nSPS) is 18.1. The molecule has 5 aliphatic heterocycles. The molecule has 6 aliphatic rings. The van der Waals surface area contributed by atoms with Crippen LogP contribution in [0.15, 0.2) is 91.6 Å². The summed E-state index contributed by atoms with van der Waals surface area (Å²) in [6.07, 6.45) is 18.6. The lowest BCUT2D eigenvalue weighted by Gasteiger charge is -2.30. The van der Waals surface area contributed by atoms with Crippen molar-refractivity contribution in [1.82, 2.24) is 85.7 Å². The van der Waals surface area contributed by atoms with Gasteiger partial charge in [0.05, 0.1) is 106 Å². The zero-order chi connectivity index (χ0) is 88.9. The molecule has 8 amide bonds. The van der Waals surface area contributed by atoms with E-state index in [-0.39, 0.29) is 71.5 Å². The molecular weight excluding hydrogens is 1580 g/mol. The topological polar surface area (TPSA) is 384 Å². The van der Waals surface area contributed by atoms with Crippen molar-refractivity contribution >= 4 is 58.9 Å². The van der Waals surface area contributed by atoms with Crippen LogP contribution >= 0.6 is 0 Å². The average Bonchev–Trinajstić information content (AvgIpc) is 1.56. The molecule has 1 aliphatic carbocycles. The molecule has 5 aromatic heterocycles. The summed E-state index contributed by atoms with van der Waals surface area (Å²) in [6, 6.07) is 17.7. The molecule has 0 unspecified atom stereocenters. The fourth-order valence-electron chi connectivity index (χ4n) is 17.7. The highest BCUT2D eigenvalue weighted by Gasteiger charge is 2.43. The predicted octanol–water partition coefficient (Wildman–Crippen LogP) is 15.2. The highest BCUT2D eigenvalue weighted by molar-refractivity contribution is 5.97. The number of hydrogen-bond donors (Lipinski definition) is 9. The van der Waals surface area contributed by atoms with E-state index in [1.807, 2.05) is 114 Å². The number of aromatic amines is 5. The Kier molecular flexibility index (Phi) is 30.0. The van der Waals surface area contributed by atoms with Crippen molar-refractivity contribution in [2.45, 2.75) is 215 Å². The largest absolute Gasteiger partial charge is 0.486 e. The van der Waals surface area contributed by atoms with Crippen molar-refractivity contribution in [2.75, 3.05) is 67.8 Å². The van der Waals surface area contributed by atoms with Gasteiger partial charge in [-0.15, -0.1) is 0 Å². The lowest BCUT2D eigenvalue weighted by Crippen LogP contribution is -2.51. The van der Waals surface area contributed by atoms with Crippen molar-refractivity contribution in [1.29, 1.82) is 0 Å². The molecule has 0 bridgehead atoms. The quantitative estimate of drug-likeness (QED) is 0.0320. The summed E-state index contributed by atoms with van der Waals surface area (Å²) in [4.78, 5) is 143. The number of benzene rings is 4. The van der Waals surface area contributed by atoms with Crippen molar-refractivity contribution in [2.24, 2.45) is 23.7 Å². The number of hydrogen-bond acceptors (Lipinski definition) is 18. The first-order valence-electron chi connectivity index (χ1n) is 43.5. The molecular formula is C93H123N17O14. The number of fused-ring (bicyclic) bond motifs is 3. The van der Waals surface area contributed by atoms with Gasteiger partial charge < -0.3 is 94.2 Å². The van der Waals surface area contributed by atoms with Crippen LogP contribution in [0.1, 0.15) is 206 Å². The highest BCUT2D eigenvalue weighted by Crippen LogP contribution is 2.44. The monoisotopic (exact) mass is 1700 g/mol. The number of imidazole rings is 4. The molecule has 124 heavy (non-hydrogen) atoms. The summed E-state index contributed by atoms with van der Waals surface area (Å²) in [7, 11) is 5.20. The van der Waals surface area contributed by atoms with Gasteiger partial charge in [0.1, 0.15) is 60.7 Å². The van der Waals surface area contributed by atoms with Crippen LogP contribution in [0.2, 0.25) is 0 Å². The number of ether oxygens (including phenoxy) is 6. The van der Waals surface area contributed by atoms with Crippen molar-refractivity contribution in [3.8, 4) is 56.5 Å². The van der Waals surface area contributed by atoms with Crippen molar-refractivity contribution in [3.63, 3.8) is 0 Å². The van der Waals surface area contributed by atoms with Gasteiger partial charge in [0.25, 0.3) is 0 Å². The molecule has 0 radical (unpaired) electrons. The summed E-state index contributed by atoms with van der Waals surface area (Å²) in [5.74, 6) is 3.90. The molecule has 31 nitrogen and oxygen atoms in total. The third-order valence-electron chi connectivity index (χ3n) is 24.5. The van der Waals surface area contributed by atoms with E-state index in [1.165, 1.54) is 85.6 Å². The van der Waals surface area contributed by atoms with E-state index in [9.17, 15) is 38.4 Å². The number of H-pyrrole nitrogens is 5. The molecule has 31 heteroatoms. The second kappa shape index (κ2) is 40.9. The van der Waals surface area contributed by atoms with E-state index in [1.54, 1.807) is 11.1 Å². The van der Waals surface area contributed by atoms with Gasteiger partial charge in [-0.05, 0) is 180 Å². The first kappa shape index (κ1) is 91.0. The van der Waals surface area contributed by atoms with Crippen molar-refractivity contribution in [3.05, 3.63) is 154 Å². The van der Waals surface area contributed by atoms with Gasteiger partial charge >= 0.3 is 24.4 Å². The fraction of sp³-hybridized carbons (Fsp3) is 0.505. The van der Waals surface area contributed by atoms with Gasteiger partial charge in [0.15, 0.2) is 11.5 Å². The molecule has 664 valence electrons. The molecule has 9 N–H and O–H groups in total. The minimum Gasteiger partial charge on any atom is -0.486 e. The highest BCUT2D eigenvalue weighted by atomic mass is 16.6. The number of methoxy groups -OCH3 is 4. The van der Waals surface area contributed by atoms with Crippen LogP contribution in [-0.4, -0.2) is 204 Å². The smallest absolute Gasteiger partial charge is 0.407 e. The molecule has 4 saturated heterocycles. The van der Waals surface area contributed by atoms with Crippen LogP contribution in [0.5, 0.6) is 11.5 Å². The minimum absolute atomic E-state index is 0.0471. The van der Waals surface area contributed by atoms with E-state index < -0.39 is 48.5 Å². The zero-order valence-electron chi connectivity index (χ0n) is 74.6. The Labute approximate surface area is 725 Å². The maximum absolute atomic E-state index is 13.3. The third kappa shape index (κ3) is 20.5. The second-order valence-electron chi connectivity index (χ2n) is 34.3. The minimum atomic E-state index is -0.660. The summed E-state index contributed by atoms with van der Waals surface area (Å²) in [6.45, 7) is 29.3. The Bertz CT molecular complexity index is 5090. The molecule has 8 atom stereocenters. The number of amides is 8. The molecule has 15 rings (SSSR count). The average molecular weight is 1700 g/mol. The van der Waals surface area contributed by atoms with Crippen LogP contribution in [-0.2, 0) is 51.0 Å². The van der Waals surface area contributed by atoms with Gasteiger partial charge in [0, 0.05) is 54.5 Å². The van der Waals surface area contributed by atoms with Gasteiger partial charge in [-0.1, -0.05) is 116 Å². The molecule has 9 aromatic rings. The summed E-state index contributed by atoms with van der Waals surface area (Å²) in [5, 5.41) is 12.0. The number of rotatable bonds is 20. The molecule has 0 saturated carbocycles. The summed E-state index contributed by atoms with van der Waals surface area (Å²) in [5.41, 5.74) is 17.9. The Balaban J connectivity index is 0.000000151. The number of nitrogens with zero attached hydrogens (tertiary/aromatic N) is 8. The Morgan fingerprint density at radius 2 is 0.726 bits per heavy atom. The van der Waals surface area contributed by atoms with E-state index in [2.05, 4.69) is 142 Å². The lowest BCUT2D eigenvalue weighted by atomic mass is 9.85. The van der Waals surface area contributed by atoms with Crippen LogP contribution in [0, 0.1) is 58.3 Å². The summed E-state index contributed by atoms with van der Waals surface area (Å²) >= 11 is 0. The van der Waals surface area contributed by atoms with E-state index in [4.69, 9.17) is 28.7 Å². The van der Waals surface area contributed by atoms with Gasteiger partial charge in [-0.2, -0.15) is 0 Å². The summed E-state index contributed by atoms with van der Waals surface area (Å²) < 4.78 is 30.5. The molecule has 4 fully saturated rings. The number of alkyl carbamates (subject to hydrolysis) is 4. The maximum Gasteiger partial charge on any atom is 0.407 e. The van der Waals surface area contributed by atoms with Crippen LogP contribution < -0.4 is 30.7 Å². The number of carbonyl (C=O) groups is 8. The van der Waals surface area contributed by atoms with E-state index in [0.29, 0.717) is 45.1 Å². The van der Waals surface area contributed by atoms with Crippen molar-refractivity contribution < 1.29 is 66.8 Å². The lowest BCUT2D eigenvalue weighted by molar-refractivity contribution is -0.136. The molecule has 10 heterocycles. The molecule has 4 aromatic carbocycles. The first-order valence-corrected chi connectivity index (χ1v) is 43.5. The Morgan fingerprint density at radius 1 is 0.387 bits per heavy atom. The van der Waals surface area contributed by atoms with Gasteiger partial charge in [-0.3, -0.25) is 19.2 Å². The van der Waals surface area contributed by atoms with E-state index in [0.717, 1.165) is 144 Å². The second-order valence-corrected chi connectivity index (χ2v) is 34.3. The predicted molar refractivity (Wildman–Crippen MR) is 471 cm³/mol. The van der Waals surface area contributed by atoms with Crippen LogP contribution in [0.3, 0.4) is 0 Å². The first-order chi connectivity index (χ1) is 59.5. The Hall–Kier alpha value is -12.2. The SMILES string of the molecule is COC(=O)N[C@H](C(=O)N1CCC[C@H]1c1ncc(-c2ccc(C)c3c(C)c[nH]c23)[nH]1)C(C)C.COC(=O)N[C@H](C(=O)N1CCC[C@H]1c1ncc(-c2ccc(C)c3c2CCCC3)[nH]1)C(C)C.COC(=O)N[C@H](C(=O)N1CCC[C@H]1c1ncc(-c2ccc(C)c3c2OCCO3)[nH]1)C(C)C.COC(=O)N[C@H](C(=O)N1CCC[C@H]1c1ncc(-c2ccc(C)cc2)[nH]1)C(C)C. The number of carbonyl (C=O) groups excluding carboxylic acids is 8.